The van der Waals surface area contributed by atoms with Crippen LogP contribution in [0.25, 0.3) is 10.2 Å². The molecular weight excluding hydrogens is 460 g/mol. The van der Waals surface area contributed by atoms with Gasteiger partial charge >= 0.3 is 0 Å². The summed E-state index contributed by atoms with van der Waals surface area (Å²) in [6, 6.07) is 15.6. The molecule has 3 heterocycles. The predicted octanol–water partition coefficient (Wildman–Crippen LogP) is 6.07. The van der Waals surface area contributed by atoms with Gasteiger partial charge in [-0.2, -0.15) is 0 Å². The zero-order chi connectivity index (χ0) is 24.2. The molecule has 0 unspecified atom stereocenters. The largest absolute Gasteiger partial charge is 0.494 e. The van der Waals surface area contributed by atoms with Gasteiger partial charge in [-0.15, -0.1) is 11.3 Å². The van der Waals surface area contributed by atoms with Crippen molar-refractivity contribution in [2.45, 2.75) is 27.3 Å². The summed E-state index contributed by atoms with van der Waals surface area (Å²) in [5.41, 5.74) is 2.17. The minimum absolute atomic E-state index is 0.645. The molecule has 4 aromatic rings. The predicted molar refractivity (Wildman–Crippen MR) is 140 cm³/mol. The third-order valence-corrected chi connectivity index (χ3v) is 7.13. The van der Waals surface area contributed by atoms with E-state index in [2.05, 4.69) is 24.1 Å². The van der Waals surface area contributed by atoms with E-state index < -0.39 is 0 Å². The van der Waals surface area contributed by atoms with Crippen molar-refractivity contribution in [3.05, 3.63) is 64.8 Å². The van der Waals surface area contributed by atoms with Gasteiger partial charge in [0.1, 0.15) is 33.7 Å². The van der Waals surface area contributed by atoms with E-state index >= 15 is 0 Å². The highest BCUT2D eigenvalue weighted by molar-refractivity contribution is 7.18. The molecule has 0 atom stereocenters. The molecule has 2 aromatic carbocycles. The van der Waals surface area contributed by atoms with Gasteiger partial charge in [-0.05, 0) is 74.9 Å². The Labute approximate surface area is 209 Å². The van der Waals surface area contributed by atoms with Crippen LogP contribution in [0, 0.1) is 13.8 Å². The Hall–Kier alpha value is -3.20. The van der Waals surface area contributed by atoms with Crippen LogP contribution in [-0.2, 0) is 11.3 Å². The molecule has 0 amide bonds. The number of morpholine rings is 1. The van der Waals surface area contributed by atoms with E-state index in [0.29, 0.717) is 6.61 Å². The molecule has 5 rings (SSSR count). The van der Waals surface area contributed by atoms with E-state index in [1.165, 1.54) is 10.4 Å². The number of nitrogens with zero attached hydrogens (tertiary/aromatic N) is 3. The minimum atomic E-state index is 0.645. The van der Waals surface area contributed by atoms with Crippen molar-refractivity contribution in [2.75, 3.05) is 38.2 Å². The zero-order valence-corrected chi connectivity index (χ0v) is 21.2. The van der Waals surface area contributed by atoms with Gasteiger partial charge in [-0.1, -0.05) is 0 Å². The van der Waals surface area contributed by atoms with Crippen molar-refractivity contribution >= 4 is 33.1 Å². The molecule has 0 saturated carbocycles. The maximum atomic E-state index is 5.99. The molecular formula is C27H30N4O3S. The fourth-order valence-corrected chi connectivity index (χ4v) is 5.11. The third-order valence-electron chi connectivity index (χ3n) is 6.03. The molecule has 8 heteroatoms. The lowest BCUT2D eigenvalue weighted by Gasteiger charge is -2.25. The Kier molecular flexibility index (Phi) is 7.13. The van der Waals surface area contributed by atoms with Crippen LogP contribution < -0.4 is 14.8 Å². The molecule has 1 saturated heterocycles. The number of hydrogen-bond donors (Lipinski definition) is 1. The van der Waals surface area contributed by atoms with Crippen LogP contribution in [0.4, 0.5) is 11.5 Å². The molecule has 0 bridgehead atoms. The number of benzene rings is 2. The quantitative estimate of drug-likeness (QED) is 0.321. The van der Waals surface area contributed by atoms with E-state index in [0.717, 1.165) is 77.6 Å². The van der Waals surface area contributed by atoms with Crippen LogP contribution in [0.15, 0.2) is 48.5 Å². The zero-order valence-electron chi connectivity index (χ0n) is 20.3. The molecule has 0 radical (unpaired) electrons. The van der Waals surface area contributed by atoms with Crippen molar-refractivity contribution in [3.63, 3.8) is 0 Å². The Morgan fingerprint density at radius 1 is 0.943 bits per heavy atom. The van der Waals surface area contributed by atoms with Gasteiger partial charge in [0.05, 0.1) is 31.8 Å². The SMILES string of the molecule is CCOc1ccc(Oc2ccc(Nc3nc(CN4CCOCC4)nc4sc(C)c(C)c34)cc2)cc1. The van der Waals surface area contributed by atoms with Crippen molar-refractivity contribution in [2.24, 2.45) is 0 Å². The highest BCUT2D eigenvalue weighted by Crippen LogP contribution is 2.35. The number of ether oxygens (including phenoxy) is 3. The second-order valence-corrected chi connectivity index (χ2v) is 9.70. The lowest BCUT2D eigenvalue weighted by atomic mass is 10.2. The van der Waals surface area contributed by atoms with Crippen molar-refractivity contribution < 1.29 is 14.2 Å². The minimum Gasteiger partial charge on any atom is -0.494 e. The van der Waals surface area contributed by atoms with E-state index in [9.17, 15) is 0 Å². The Morgan fingerprint density at radius 2 is 1.60 bits per heavy atom. The molecule has 1 aliphatic heterocycles. The Balaban J connectivity index is 1.35. The van der Waals surface area contributed by atoms with Gasteiger partial charge in [0.2, 0.25) is 0 Å². The van der Waals surface area contributed by atoms with Gasteiger partial charge in [0.15, 0.2) is 0 Å². The lowest BCUT2D eigenvalue weighted by molar-refractivity contribution is 0.0331. The van der Waals surface area contributed by atoms with Crippen LogP contribution in [0.2, 0.25) is 0 Å². The number of thiophene rings is 1. The summed E-state index contributed by atoms with van der Waals surface area (Å²) in [7, 11) is 0. The van der Waals surface area contributed by atoms with Crippen molar-refractivity contribution in [1.29, 1.82) is 0 Å². The standard InChI is InChI=1S/C27H30N4O3S/c1-4-33-21-9-11-23(12-10-21)34-22-7-5-20(6-8-22)28-26-25-18(2)19(3)35-27(25)30-24(29-26)17-31-13-15-32-16-14-31/h5-12H,4,13-17H2,1-3H3,(H,28,29,30). The van der Waals surface area contributed by atoms with E-state index in [1.807, 2.05) is 55.5 Å². The average Bonchev–Trinajstić information content (AvgIpc) is 3.15. The van der Waals surface area contributed by atoms with E-state index in [4.69, 9.17) is 24.2 Å². The maximum absolute atomic E-state index is 5.99. The summed E-state index contributed by atoms with van der Waals surface area (Å²) in [4.78, 5) is 14.5. The van der Waals surface area contributed by atoms with Gasteiger partial charge in [0.25, 0.3) is 0 Å². The van der Waals surface area contributed by atoms with E-state index in [-0.39, 0.29) is 0 Å². The lowest BCUT2D eigenvalue weighted by Crippen LogP contribution is -2.36. The summed E-state index contributed by atoms with van der Waals surface area (Å²) >= 11 is 1.72. The number of anilines is 2. The molecule has 2 aromatic heterocycles. The number of nitrogens with one attached hydrogen (secondary N) is 1. The van der Waals surface area contributed by atoms with Crippen LogP contribution in [0.1, 0.15) is 23.2 Å². The first-order valence-corrected chi connectivity index (χ1v) is 12.7. The number of fused-ring (bicyclic) bond motifs is 1. The molecule has 35 heavy (non-hydrogen) atoms. The molecule has 1 fully saturated rings. The fourth-order valence-electron chi connectivity index (χ4n) is 4.06. The van der Waals surface area contributed by atoms with E-state index in [1.54, 1.807) is 11.3 Å². The second kappa shape index (κ2) is 10.6. The third kappa shape index (κ3) is 5.56. The molecule has 182 valence electrons. The molecule has 7 nitrogen and oxygen atoms in total. The Morgan fingerprint density at radius 3 is 2.29 bits per heavy atom. The first-order chi connectivity index (χ1) is 17.1. The summed E-state index contributed by atoms with van der Waals surface area (Å²) in [5, 5.41) is 4.62. The highest BCUT2D eigenvalue weighted by atomic mass is 32.1. The fraction of sp³-hybridized carbons (Fsp3) is 0.333. The number of rotatable bonds is 8. The maximum Gasteiger partial charge on any atom is 0.146 e. The van der Waals surface area contributed by atoms with Gasteiger partial charge in [-0.3, -0.25) is 4.90 Å². The number of aromatic nitrogens is 2. The van der Waals surface area contributed by atoms with Crippen LogP contribution in [0.3, 0.4) is 0 Å². The first-order valence-electron chi connectivity index (χ1n) is 11.9. The molecule has 1 N–H and O–H groups in total. The average molecular weight is 491 g/mol. The summed E-state index contributed by atoms with van der Waals surface area (Å²) in [5.74, 6) is 4.05. The van der Waals surface area contributed by atoms with Crippen molar-refractivity contribution in [1.82, 2.24) is 14.9 Å². The monoisotopic (exact) mass is 490 g/mol. The summed E-state index contributed by atoms with van der Waals surface area (Å²) in [6.45, 7) is 10.9. The van der Waals surface area contributed by atoms with Crippen LogP contribution in [0.5, 0.6) is 17.2 Å². The van der Waals surface area contributed by atoms with Gasteiger partial charge in [-0.25, -0.2) is 9.97 Å². The number of hydrogen-bond acceptors (Lipinski definition) is 8. The molecule has 0 aliphatic carbocycles. The van der Waals surface area contributed by atoms with Crippen LogP contribution >= 0.6 is 11.3 Å². The normalized spacial score (nSPS) is 14.3. The van der Waals surface area contributed by atoms with Crippen LogP contribution in [-0.4, -0.2) is 47.8 Å². The first kappa shape index (κ1) is 23.5. The van der Waals surface area contributed by atoms with Gasteiger partial charge < -0.3 is 19.5 Å². The molecule has 0 spiro atoms. The topological polar surface area (TPSA) is 68.7 Å². The second-order valence-electron chi connectivity index (χ2n) is 8.50. The Bertz CT molecular complexity index is 1280. The summed E-state index contributed by atoms with van der Waals surface area (Å²) in [6.07, 6.45) is 0. The summed E-state index contributed by atoms with van der Waals surface area (Å²) < 4.78 is 17.0. The van der Waals surface area contributed by atoms with Crippen molar-refractivity contribution in [3.8, 4) is 17.2 Å². The number of aryl methyl sites for hydroxylation is 2. The van der Waals surface area contributed by atoms with Gasteiger partial charge in [0, 0.05) is 23.7 Å². The highest BCUT2D eigenvalue weighted by Gasteiger charge is 2.18. The smallest absolute Gasteiger partial charge is 0.146 e. The molecule has 1 aliphatic rings.